The lowest BCUT2D eigenvalue weighted by Crippen LogP contribution is -2.58. The second kappa shape index (κ2) is 6.41. The first-order chi connectivity index (χ1) is 11.0. The first-order valence-electron chi connectivity index (χ1n) is 7.65. The van der Waals surface area contributed by atoms with Gasteiger partial charge in [-0.25, -0.2) is 4.98 Å². The number of carbonyl (C=O) groups is 2. The average molecular weight is 349 g/mol. The van der Waals surface area contributed by atoms with Crippen LogP contribution in [-0.2, 0) is 4.79 Å². The molecular formula is C16H19N3O2S2. The maximum atomic E-state index is 12.7. The minimum Gasteiger partial charge on any atom is -0.368 e. The van der Waals surface area contributed by atoms with Gasteiger partial charge in [-0.05, 0) is 31.2 Å². The van der Waals surface area contributed by atoms with E-state index in [1.807, 2.05) is 24.4 Å². The Hall–Kier alpha value is -1.73. The summed E-state index contributed by atoms with van der Waals surface area (Å²) in [6, 6.07) is 3.94. The van der Waals surface area contributed by atoms with Gasteiger partial charge in [0.25, 0.3) is 5.91 Å². The first-order valence-corrected chi connectivity index (χ1v) is 9.35. The van der Waals surface area contributed by atoms with E-state index < -0.39 is 11.4 Å². The third-order valence-electron chi connectivity index (χ3n) is 4.27. The summed E-state index contributed by atoms with van der Waals surface area (Å²) in [4.78, 5) is 30.7. The topological polar surface area (TPSA) is 85.1 Å². The molecule has 0 radical (unpaired) electrons. The number of aromatic nitrogens is 1. The minimum atomic E-state index is -0.908. The molecular weight excluding hydrogens is 330 g/mol. The SMILES string of the molecule is Cc1nc(-c2cccs2)sc1C(=O)NC1(C(N)=O)CCCCC1. The highest BCUT2D eigenvalue weighted by atomic mass is 32.1. The summed E-state index contributed by atoms with van der Waals surface area (Å²) >= 11 is 2.95. The van der Waals surface area contributed by atoms with Crippen LogP contribution in [0, 0.1) is 6.92 Å². The number of thiophene rings is 1. The highest BCUT2D eigenvalue weighted by Crippen LogP contribution is 2.33. The van der Waals surface area contributed by atoms with Crippen molar-refractivity contribution < 1.29 is 9.59 Å². The summed E-state index contributed by atoms with van der Waals surface area (Å²) in [7, 11) is 0. The third kappa shape index (κ3) is 3.16. The smallest absolute Gasteiger partial charge is 0.264 e. The zero-order valence-corrected chi connectivity index (χ0v) is 14.6. The zero-order valence-electron chi connectivity index (χ0n) is 12.9. The molecule has 3 N–H and O–H groups in total. The molecule has 3 rings (SSSR count). The Morgan fingerprint density at radius 3 is 2.65 bits per heavy atom. The van der Waals surface area contributed by atoms with Gasteiger partial charge in [-0.3, -0.25) is 9.59 Å². The van der Waals surface area contributed by atoms with Crippen LogP contribution in [0.1, 0.15) is 47.5 Å². The Morgan fingerprint density at radius 1 is 1.30 bits per heavy atom. The molecule has 2 aromatic rings. The van der Waals surface area contributed by atoms with Crippen LogP contribution in [0.3, 0.4) is 0 Å². The van der Waals surface area contributed by atoms with Crippen molar-refractivity contribution in [3.05, 3.63) is 28.1 Å². The Bertz CT molecular complexity index is 716. The lowest BCUT2D eigenvalue weighted by molar-refractivity contribution is -0.125. The van der Waals surface area contributed by atoms with Gasteiger partial charge in [0.05, 0.1) is 10.6 Å². The second-order valence-corrected chi connectivity index (χ2v) is 7.82. The number of hydrogen-bond donors (Lipinski definition) is 2. The molecule has 7 heteroatoms. The predicted octanol–water partition coefficient (Wildman–Crippen LogP) is 3.10. The molecule has 122 valence electrons. The minimum absolute atomic E-state index is 0.247. The van der Waals surface area contributed by atoms with E-state index in [-0.39, 0.29) is 5.91 Å². The van der Waals surface area contributed by atoms with Gasteiger partial charge >= 0.3 is 0 Å². The van der Waals surface area contributed by atoms with E-state index in [0.717, 1.165) is 29.1 Å². The number of nitrogens with two attached hydrogens (primary N) is 1. The number of aryl methyl sites for hydroxylation is 1. The number of primary amides is 1. The maximum Gasteiger partial charge on any atom is 0.264 e. The molecule has 2 heterocycles. The Morgan fingerprint density at radius 2 is 2.04 bits per heavy atom. The largest absolute Gasteiger partial charge is 0.368 e. The van der Waals surface area contributed by atoms with Crippen molar-refractivity contribution in [3.8, 4) is 9.88 Å². The van der Waals surface area contributed by atoms with E-state index in [4.69, 9.17) is 5.73 Å². The van der Waals surface area contributed by atoms with E-state index in [1.54, 1.807) is 11.3 Å². The van der Waals surface area contributed by atoms with Crippen molar-refractivity contribution >= 4 is 34.5 Å². The summed E-state index contributed by atoms with van der Waals surface area (Å²) < 4.78 is 0. The van der Waals surface area contributed by atoms with Crippen molar-refractivity contribution in [3.63, 3.8) is 0 Å². The van der Waals surface area contributed by atoms with Crippen LogP contribution in [0.2, 0.25) is 0 Å². The number of nitrogens with zero attached hydrogens (tertiary/aromatic N) is 1. The van der Waals surface area contributed by atoms with Crippen LogP contribution in [0.15, 0.2) is 17.5 Å². The van der Waals surface area contributed by atoms with E-state index in [1.165, 1.54) is 11.3 Å². The number of rotatable bonds is 4. The molecule has 0 aromatic carbocycles. The lowest BCUT2D eigenvalue weighted by Gasteiger charge is -2.34. The predicted molar refractivity (Wildman–Crippen MR) is 92.6 cm³/mol. The molecule has 1 fully saturated rings. The molecule has 0 bridgehead atoms. The monoisotopic (exact) mass is 349 g/mol. The van der Waals surface area contributed by atoms with Crippen LogP contribution in [-0.4, -0.2) is 22.3 Å². The van der Waals surface area contributed by atoms with Gasteiger partial charge in [-0.1, -0.05) is 25.3 Å². The third-order valence-corrected chi connectivity index (χ3v) is 6.46. The normalized spacial score (nSPS) is 16.9. The quantitative estimate of drug-likeness (QED) is 0.889. The fourth-order valence-corrected chi connectivity index (χ4v) is 4.73. The summed E-state index contributed by atoms with van der Waals surface area (Å²) in [6.07, 6.45) is 4.12. The highest BCUT2D eigenvalue weighted by molar-refractivity contribution is 7.22. The summed E-state index contributed by atoms with van der Waals surface area (Å²) in [5.74, 6) is -0.685. The highest BCUT2D eigenvalue weighted by Gasteiger charge is 2.40. The molecule has 0 unspecified atom stereocenters. The van der Waals surface area contributed by atoms with Gasteiger partial charge in [0.15, 0.2) is 0 Å². The Kier molecular flexibility index (Phi) is 4.50. The fraction of sp³-hybridized carbons (Fsp3) is 0.438. The van der Waals surface area contributed by atoms with Gasteiger partial charge in [0, 0.05) is 0 Å². The number of carbonyl (C=O) groups excluding carboxylic acids is 2. The average Bonchev–Trinajstić information content (AvgIpc) is 3.17. The molecule has 23 heavy (non-hydrogen) atoms. The summed E-state index contributed by atoms with van der Waals surface area (Å²) in [5, 5.41) is 5.72. The van der Waals surface area contributed by atoms with E-state index in [0.29, 0.717) is 23.4 Å². The van der Waals surface area contributed by atoms with Gasteiger partial charge in [0.1, 0.15) is 15.4 Å². The van der Waals surface area contributed by atoms with Gasteiger partial charge in [0.2, 0.25) is 5.91 Å². The Labute approximate surface area is 142 Å². The van der Waals surface area contributed by atoms with Crippen LogP contribution in [0.25, 0.3) is 9.88 Å². The number of amides is 2. The van der Waals surface area contributed by atoms with Gasteiger partial charge < -0.3 is 11.1 Å². The molecule has 2 aromatic heterocycles. The van der Waals surface area contributed by atoms with Gasteiger partial charge in [-0.2, -0.15) is 0 Å². The summed E-state index contributed by atoms with van der Waals surface area (Å²) in [5.41, 5.74) is 5.36. The molecule has 5 nitrogen and oxygen atoms in total. The molecule has 1 saturated carbocycles. The standard InChI is InChI=1S/C16H19N3O2S2/c1-10-12(23-14(18-10)11-6-5-9-22-11)13(20)19-16(15(17)21)7-3-2-4-8-16/h5-6,9H,2-4,7-8H2,1H3,(H2,17,21)(H,19,20). The maximum absolute atomic E-state index is 12.7. The zero-order chi connectivity index (χ0) is 16.4. The van der Waals surface area contributed by atoms with E-state index >= 15 is 0 Å². The first kappa shape index (κ1) is 16.1. The summed E-state index contributed by atoms with van der Waals surface area (Å²) in [6.45, 7) is 1.82. The van der Waals surface area contributed by atoms with Crippen LogP contribution >= 0.6 is 22.7 Å². The molecule has 0 spiro atoms. The van der Waals surface area contributed by atoms with Crippen LogP contribution < -0.4 is 11.1 Å². The van der Waals surface area contributed by atoms with Crippen molar-refractivity contribution in [2.24, 2.45) is 5.73 Å². The molecule has 0 saturated heterocycles. The Balaban J connectivity index is 1.84. The van der Waals surface area contributed by atoms with Crippen molar-refractivity contribution in [1.82, 2.24) is 10.3 Å². The van der Waals surface area contributed by atoms with Crippen molar-refractivity contribution in [2.75, 3.05) is 0 Å². The molecule has 1 aliphatic carbocycles. The number of hydrogen-bond acceptors (Lipinski definition) is 5. The van der Waals surface area contributed by atoms with E-state index in [2.05, 4.69) is 10.3 Å². The molecule has 0 atom stereocenters. The molecule has 2 amide bonds. The van der Waals surface area contributed by atoms with Gasteiger partial charge in [-0.15, -0.1) is 22.7 Å². The fourth-order valence-electron chi connectivity index (χ4n) is 2.98. The van der Waals surface area contributed by atoms with Crippen LogP contribution in [0.4, 0.5) is 0 Å². The number of nitrogens with one attached hydrogen (secondary N) is 1. The van der Waals surface area contributed by atoms with Crippen molar-refractivity contribution in [2.45, 2.75) is 44.6 Å². The lowest BCUT2D eigenvalue weighted by atomic mass is 9.81. The number of thiazole rings is 1. The molecule has 0 aliphatic heterocycles. The molecule has 1 aliphatic rings. The van der Waals surface area contributed by atoms with E-state index in [9.17, 15) is 9.59 Å². The second-order valence-electron chi connectivity index (χ2n) is 5.87. The van der Waals surface area contributed by atoms with Crippen molar-refractivity contribution in [1.29, 1.82) is 0 Å². The van der Waals surface area contributed by atoms with Crippen LogP contribution in [0.5, 0.6) is 0 Å².